The summed E-state index contributed by atoms with van der Waals surface area (Å²) in [7, 11) is 0. The zero-order valence-corrected chi connectivity index (χ0v) is 9.37. The third-order valence-electron chi connectivity index (χ3n) is 2.37. The highest BCUT2D eigenvalue weighted by Gasteiger charge is 2.10. The fourth-order valence-corrected chi connectivity index (χ4v) is 1.63. The summed E-state index contributed by atoms with van der Waals surface area (Å²) in [6.07, 6.45) is 8.67. The lowest BCUT2D eigenvalue weighted by atomic mass is 9.97. The van der Waals surface area contributed by atoms with Crippen molar-refractivity contribution < 1.29 is 0 Å². The summed E-state index contributed by atoms with van der Waals surface area (Å²) in [5, 5.41) is 0. The van der Waals surface area contributed by atoms with E-state index in [2.05, 4.69) is 37.9 Å². The van der Waals surface area contributed by atoms with Gasteiger partial charge in [-0.05, 0) is 17.7 Å². The molecule has 0 aliphatic heterocycles. The van der Waals surface area contributed by atoms with Crippen molar-refractivity contribution in [3.8, 4) is 0 Å². The molecule has 0 bridgehead atoms. The first-order chi connectivity index (χ1) is 7.73. The van der Waals surface area contributed by atoms with Crippen LogP contribution < -0.4 is 0 Å². The lowest BCUT2D eigenvalue weighted by Crippen LogP contribution is -1.99. The molecule has 1 heteroatoms. The third-order valence-corrected chi connectivity index (χ3v) is 2.37. The van der Waals surface area contributed by atoms with Gasteiger partial charge >= 0.3 is 0 Å². The van der Waals surface area contributed by atoms with Crippen LogP contribution in [0, 0.1) is 0 Å². The van der Waals surface area contributed by atoms with E-state index >= 15 is 0 Å². The Bertz CT molecular complexity index is 440. The molecular weight excluding hydrogens is 194 g/mol. The van der Waals surface area contributed by atoms with Crippen LogP contribution in [-0.4, -0.2) is 4.98 Å². The Morgan fingerprint density at radius 1 is 0.562 bits per heavy atom. The molecule has 16 heavy (non-hydrogen) atoms. The van der Waals surface area contributed by atoms with Crippen molar-refractivity contribution in [3.63, 3.8) is 0 Å². The maximum absolute atomic E-state index is 4.43. The van der Waals surface area contributed by atoms with Gasteiger partial charge in [-0.2, -0.15) is 0 Å². The molecule has 0 aliphatic carbocycles. The second-order valence-corrected chi connectivity index (χ2v) is 3.14. The van der Waals surface area contributed by atoms with Gasteiger partial charge in [-0.1, -0.05) is 51.1 Å². The van der Waals surface area contributed by atoms with Crippen LogP contribution in [0.2, 0.25) is 0 Å². The molecule has 80 valence electrons. The molecule has 0 amide bonds. The number of rotatable bonds is 5. The summed E-state index contributed by atoms with van der Waals surface area (Å²) in [5.74, 6) is 0. The van der Waals surface area contributed by atoms with Crippen LogP contribution in [0.15, 0.2) is 32.9 Å². The van der Waals surface area contributed by atoms with Gasteiger partial charge in [0.2, 0.25) is 0 Å². The number of pyridine rings is 1. The van der Waals surface area contributed by atoms with Gasteiger partial charge in [0.05, 0.1) is 11.4 Å². The highest BCUT2D eigenvalue weighted by Crippen LogP contribution is 2.25. The highest BCUT2D eigenvalue weighted by molar-refractivity contribution is 5.80. The van der Waals surface area contributed by atoms with Crippen molar-refractivity contribution in [2.75, 3.05) is 0 Å². The van der Waals surface area contributed by atoms with Crippen molar-refractivity contribution in [3.05, 3.63) is 61.0 Å². The molecule has 0 aliphatic rings. The van der Waals surface area contributed by atoms with Crippen LogP contribution in [0.1, 0.15) is 28.1 Å². The molecule has 0 saturated heterocycles. The molecule has 1 aromatic heterocycles. The van der Waals surface area contributed by atoms with Crippen molar-refractivity contribution in [1.29, 1.82) is 0 Å². The fraction of sp³-hybridized carbons (Fsp3) is 0. The normalized spacial score (nSPS) is 9.25. The van der Waals surface area contributed by atoms with E-state index in [0.29, 0.717) is 0 Å². The third kappa shape index (κ3) is 1.80. The van der Waals surface area contributed by atoms with Gasteiger partial charge in [0.15, 0.2) is 0 Å². The van der Waals surface area contributed by atoms with E-state index in [0.717, 1.165) is 28.1 Å². The quantitative estimate of drug-likeness (QED) is 0.704. The van der Waals surface area contributed by atoms with Gasteiger partial charge in [0.25, 0.3) is 0 Å². The lowest BCUT2D eigenvalue weighted by molar-refractivity contribution is 1.24. The van der Waals surface area contributed by atoms with E-state index in [1.54, 1.807) is 30.4 Å². The minimum Gasteiger partial charge on any atom is -0.248 e. The molecule has 1 aromatic rings. The summed E-state index contributed by atoms with van der Waals surface area (Å²) in [4.78, 5) is 4.43. The van der Waals surface area contributed by atoms with Gasteiger partial charge in [0, 0.05) is 11.1 Å². The maximum atomic E-state index is 4.43. The summed E-state index contributed by atoms with van der Waals surface area (Å²) < 4.78 is 0. The van der Waals surface area contributed by atoms with E-state index < -0.39 is 0 Å². The van der Waals surface area contributed by atoms with E-state index in [4.69, 9.17) is 0 Å². The number of aromatic nitrogens is 1. The Labute approximate surface area is 96.9 Å². The second kappa shape index (κ2) is 5.08. The average Bonchev–Trinajstić information content (AvgIpc) is 2.35. The molecule has 1 heterocycles. The molecule has 0 saturated carbocycles. The van der Waals surface area contributed by atoms with Crippen molar-refractivity contribution >= 4 is 30.4 Å². The number of hydrogen-bond acceptors (Lipinski definition) is 1. The number of hydrogen-bond donors (Lipinski definition) is 0. The second-order valence-electron chi connectivity index (χ2n) is 3.14. The summed E-state index contributed by atoms with van der Waals surface area (Å²) in [6, 6.07) is 0. The van der Waals surface area contributed by atoms with Crippen LogP contribution in [0.5, 0.6) is 0 Å². The molecule has 0 atom stereocenters. The summed E-state index contributed by atoms with van der Waals surface area (Å²) in [5.41, 5.74) is 4.37. The Kier molecular flexibility index (Phi) is 3.78. The molecule has 0 unspecified atom stereocenters. The molecule has 0 fully saturated rings. The molecule has 1 nitrogen and oxygen atoms in total. The van der Waals surface area contributed by atoms with E-state index in [1.807, 2.05) is 0 Å². The van der Waals surface area contributed by atoms with Crippen molar-refractivity contribution in [2.24, 2.45) is 0 Å². The van der Waals surface area contributed by atoms with Crippen LogP contribution in [0.25, 0.3) is 30.4 Å². The van der Waals surface area contributed by atoms with Crippen LogP contribution in [-0.2, 0) is 0 Å². The smallest absolute Gasteiger partial charge is 0.0709 e. The van der Waals surface area contributed by atoms with Gasteiger partial charge in [-0.15, -0.1) is 0 Å². The first kappa shape index (κ1) is 11.9. The van der Waals surface area contributed by atoms with Gasteiger partial charge in [0.1, 0.15) is 0 Å². The molecule has 0 N–H and O–H groups in total. The van der Waals surface area contributed by atoms with E-state index in [1.165, 1.54) is 0 Å². The Morgan fingerprint density at radius 2 is 0.938 bits per heavy atom. The van der Waals surface area contributed by atoms with E-state index in [9.17, 15) is 0 Å². The first-order valence-electron chi connectivity index (χ1n) is 4.93. The summed E-state index contributed by atoms with van der Waals surface area (Å²) >= 11 is 0. The SMILES string of the molecule is C=Cc1nc(C=C)c(C=C)c(C=C)c1C=C. The van der Waals surface area contributed by atoms with E-state index in [-0.39, 0.29) is 0 Å². The largest absolute Gasteiger partial charge is 0.248 e. The van der Waals surface area contributed by atoms with Gasteiger partial charge in [-0.3, -0.25) is 0 Å². The molecule has 0 aromatic carbocycles. The number of nitrogens with zero attached hydrogens (tertiary/aromatic N) is 1. The fourth-order valence-electron chi connectivity index (χ4n) is 1.63. The standard InChI is InChI=1S/C15H15N/c1-6-11-12(7-2)14(9-4)16-15(10-5)13(11)8-3/h6-10H,1-5H2. The predicted molar refractivity (Wildman–Crippen MR) is 74.7 cm³/mol. The Balaban J connectivity index is 3.80. The highest BCUT2D eigenvalue weighted by atomic mass is 14.7. The molecule has 1 rings (SSSR count). The van der Waals surface area contributed by atoms with Crippen LogP contribution in [0.3, 0.4) is 0 Å². The molecule has 0 spiro atoms. The minimum absolute atomic E-state index is 0.783. The maximum Gasteiger partial charge on any atom is 0.0709 e. The Morgan fingerprint density at radius 3 is 1.19 bits per heavy atom. The lowest BCUT2D eigenvalue weighted by Gasteiger charge is -2.12. The van der Waals surface area contributed by atoms with Crippen molar-refractivity contribution in [1.82, 2.24) is 4.98 Å². The summed E-state index contributed by atoms with van der Waals surface area (Å²) in [6.45, 7) is 18.9. The topological polar surface area (TPSA) is 12.9 Å². The van der Waals surface area contributed by atoms with Crippen LogP contribution >= 0.6 is 0 Å². The monoisotopic (exact) mass is 209 g/mol. The molecule has 0 radical (unpaired) electrons. The minimum atomic E-state index is 0.783. The zero-order chi connectivity index (χ0) is 12.1. The van der Waals surface area contributed by atoms with Crippen molar-refractivity contribution in [2.45, 2.75) is 0 Å². The van der Waals surface area contributed by atoms with Gasteiger partial charge < -0.3 is 0 Å². The van der Waals surface area contributed by atoms with Gasteiger partial charge in [-0.25, -0.2) is 4.98 Å². The Hall–Kier alpha value is -2.15. The van der Waals surface area contributed by atoms with Crippen LogP contribution in [0.4, 0.5) is 0 Å². The first-order valence-corrected chi connectivity index (χ1v) is 4.93. The zero-order valence-electron chi connectivity index (χ0n) is 9.37. The average molecular weight is 209 g/mol. The molecular formula is C15H15N. The predicted octanol–water partition coefficient (Wildman–Crippen LogP) is 4.30.